The van der Waals surface area contributed by atoms with Crippen molar-refractivity contribution in [2.45, 2.75) is 13.8 Å². The second kappa shape index (κ2) is 5.38. The van der Waals surface area contributed by atoms with Crippen molar-refractivity contribution in [3.63, 3.8) is 0 Å². The van der Waals surface area contributed by atoms with Crippen LogP contribution in [0, 0.1) is 13.8 Å². The predicted octanol–water partition coefficient (Wildman–Crippen LogP) is 2.50. The van der Waals surface area contributed by atoms with Crippen LogP contribution in [0.3, 0.4) is 0 Å². The van der Waals surface area contributed by atoms with Gasteiger partial charge in [0.15, 0.2) is 5.82 Å². The summed E-state index contributed by atoms with van der Waals surface area (Å²) in [5.41, 5.74) is 6.59. The molecule has 3 aliphatic rings. The summed E-state index contributed by atoms with van der Waals surface area (Å²) >= 11 is 0. The minimum absolute atomic E-state index is 0.769. The van der Waals surface area contributed by atoms with Crippen LogP contribution in [0.4, 0.5) is 0 Å². The van der Waals surface area contributed by atoms with Gasteiger partial charge in [-0.15, -0.1) is 0 Å². The molecule has 128 valence electrons. The van der Waals surface area contributed by atoms with E-state index in [4.69, 9.17) is 0 Å². The van der Waals surface area contributed by atoms with Crippen LogP contribution in [0.15, 0.2) is 72.7 Å². The van der Waals surface area contributed by atoms with Crippen LogP contribution < -0.4 is 15.8 Å². The first-order valence-electron chi connectivity index (χ1n) is 8.71. The van der Waals surface area contributed by atoms with E-state index in [2.05, 4.69) is 54.4 Å². The van der Waals surface area contributed by atoms with Gasteiger partial charge in [0, 0.05) is 22.2 Å². The zero-order chi connectivity index (χ0) is 17.8. The third kappa shape index (κ3) is 1.93. The molecule has 0 radical (unpaired) electrons. The van der Waals surface area contributed by atoms with Crippen molar-refractivity contribution in [3.05, 3.63) is 99.8 Å². The van der Waals surface area contributed by atoms with Crippen molar-refractivity contribution in [2.24, 2.45) is 0 Å². The minimum Gasteiger partial charge on any atom is -0.359 e. The predicted molar refractivity (Wildman–Crippen MR) is 102 cm³/mol. The molecule has 0 aromatic heterocycles. The van der Waals surface area contributed by atoms with E-state index < -0.39 is 0 Å². The SMILES string of the molecule is Cc1cccc(C)c1C1=CN(O)C2=c3ccccc3=C3NC=CC=C3N12. The molecule has 0 fully saturated rings. The Morgan fingerprint density at radius 2 is 1.62 bits per heavy atom. The second-order valence-corrected chi connectivity index (χ2v) is 6.76. The number of rotatable bonds is 1. The van der Waals surface area contributed by atoms with E-state index in [-0.39, 0.29) is 0 Å². The van der Waals surface area contributed by atoms with E-state index in [0.717, 1.165) is 38.9 Å². The Morgan fingerprint density at radius 1 is 0.885 bits per heavy atom. The highest BCUT2D eigenvalue weighted by Gasteiger charge is 2.36. The molecule has 26 heavy (non-hydrogen) atoms. The number of aryl methyl sites for hydroxylation is 2. The van der Waals surface area contributed by atoms with Gasteiger partial charge >= 0.3 is 0 Å². The molecule has 0 unspecified atom stereocenters. The topological polar surface area (TPSA) is 38.7 Å². The molecule has 0 saturated heterocycles. The molecule has 3 aliphatic heterocycles. The van der Waals surface area contributed by atoms with E-state index in [1.54, 1.807) is 0 Å². The number of hydrogen-bond acceptors (Lipinski definition) is 4. The van der Waals surface area contributed by atoms with Gasteiger partial charge in [-0.1, -0.05) is 42.5 Å². The number of hydroxylamine groups is 2. The Balaban J connectivity index is 1.86. The third-order valence-corrected chi connectivity index (χ3v) is 5.16. The first kappa shape index (κ1) is 15.0. The summed E-state index contributed by atoms with van der Waals surface area (Å²) in [5, 5.41) is 17.5. The largest absolute Gasteiger partial charge is 0.359 e. The zero-order valence-electron chi connectivity index (χ0n) is 14.7. The standard InChI is InChI=1S/C22H19N3O/c1-14-7-5-8-15(2)20(14)19-13-24(26)22-17-10-4-3-9-16(17)21-18(25(19)22)11-6-12-23-21/h3-13,23,26H,1-2H3. The lowest BCUT2D eigenvalue weighted by molar-refractivity contribution is 0.0192. The van der Waals surface area contributed by atoms with Gasteiger partial charge in [0.1, 0.15) is 0 Å². The maximum absolute atomic E-state index is 10.8. The normalized spacial score (nSPS) is 17.3. The Hall–Kier alpha value is -3.24. The van der Waals surface area contributed by atoms with Crippen LogP contribution in [0.25, 0.3) is 17.2 Å². The Kier molecular flexibility index (Phi) is 3.11. The average molecular weight is 341 g/mol. The Labute approximate surface area is 151 Å². The summed E-state index contributed by atoms with van der Waals surface area (Å²) in [7, 11) is 0. The fourth-order valence-electron chi connectivity index (χ4n) is 4.06. The van der Waals surface area contributed by atoms with Gasteiger partial charge in [-0.3, -0.25) is 10.1 Å². The van der Waals surface area contributed by atoms with Crippen molar-refractivity contribution in [1.82, 2.24) is 15.3 Å². The molecule has 4 heteroatoms. The van der Waals surface area contributed by atoms with E-state index in [1.165, 1.54) is 16.2 Å². The van der Waals surface area contributed by atoms with Gasteiger partial charge in [-0.05, 0) is 37.1 Å². The second-order valence-electron chi connectivity index (χ2n) is 6.76. The van der Waals surface area contributed by atoms with Crippen LogP contribution in [0.5, 0.6) is 0 Å². The molecular formula is C22H19N3O. The van der Waals surface area contributed by atoms with Crippen LogP contribution >= 0.6 is 0 Å². The molecule has 2 N–H and O–H groups in total. The zero-order valence-corrected chi connectivity index (χ0v) is 14.7. The van der Waals surface area contributed by atoms with E-state index in [9.17, 15) is 5.21 Å². The summed E-state index contributed by atoms with van der Waals surface area (Å²) in [5.74, 6) is 0.769. The quantitative estimate of drug-likeness (QED) is 0.836. The summed E-state index contributed by atoms with van der Waals surface area (Å²) in [6.07, 6.45) is 7.83. The van der Waals surface area contributed by atoms with Gasteiger partial charge in [-0.2, -0.15) is 0 Å². The molecule has 5 rings (SSSR count). The summed E-state index contributed by atoms with van der Waals surface area (Å²) in [4.78, 5) is 2.14. The maximum atomic E-state index is 10.8. The smallest absolute Gasteiger partial charge is 0.151 e. The van der Waals surface area contributed by atoms with Crippen molar-refractivity contribution < 1.29 is 5.21 Å². The Morgan fingerprint density at radius 3 is 2.38 bits per heavy atom. The van der Waals surface area contributed by atoms with Crippen molar-refractivity contribution in [1.29, 1.82) is 0 Å². The average Bonchev–Trinajstić information content (AvgIpc) is 2.99. The minimum atomic E-state index is 0.769. The number of dihydropyridines is 1. The van der Waals surface area contributed by atoms with Gasteiger partial charge in [-0.25, -0.2) is 5.06 Å². The lowest BCUT2D eigenvalue weighted by Crippen LogP contribution is -2.45. The molecule has 0 amide bonds. The Bertz CT molecular complexity index is 1130. The third-order valence-electron chi connectivity index (χ3n) is 5.16. The van der Waals surface area contributed by atoms with Crippen LogP contribution in [0.1, 0.15) is 16.7 Å². The fourth-order valence-corrected chi connectivity index (χ4v) is 4.06. The van der Waals surface area contributed by atoms with Gasteiger partial charge < -0.3 is 5.32 Å². The highest BCUT2D eigenvalue weighted by molar-refractivity contribution is 5.86. The highest BCUT2D eigenvalue weighted by atomic mass is 16.5. The molecule has 4 nitrogen and oxygen atoms in total. The molecule has 0 saturated carbocycles. The summed E-state index contributed by atoms with van der Waals surface area (Å²) in [6, 6.07) is 14.4. The van der Waals surface area contributed by atoms with E-state index in [1.807, 2.05) is 36.7 Å². The summed E-state index contributed by atoms with van der Waals surface area (Å²) < 4.78 is 0. The lowest BCUT2D eigenvalue weighted by Gasteiger charge is -2.33. The molecule has 2 aromatic carbocycles. The van der Waals surface area contributed by atoms with Crippen LogP contribution in [-0.2, 0) is 0 Å². The number of hydrogen-bond donors (Lipinski definition) is 2. The monoisotopic (exact) mass is 341 g/mol. The molecular weight excluding hydrogens is 322 g/mol. The first-order chi connectivity index (χ1) is 12.7. The number of nitrogens with one attached hydrogen (secondary N) is 1. The van der Waals surface area contributed by atoms with E-state index >= 15 is 0 Å². The number of nitrogens with zero attached hydrogens (tertiary/aromatic N) is 2. The molecule has 0 aliphatic carbocycles. The lowest BCUT2D eigenvalue weighted by atomic mass is 9.98. The summed E-state index contributed by atoms with van der Waals surface area (Å²) in [6.45, 7) is 4.22. The van der Waals surface area contributed by atoms with E-state index in [0.29, 0.717) is 0 Å². The van der Waals surface area contributed by atoms with Gasteiger partial charge in [0.2, 0.25) is 0 Å². The fraction of sp³-hybridized carbons (Fsp3) is 0.0909. The molecule has 0 atom stereocenters. The molecule has 3 heterocycles. The molecule has 0 spiro atoms. The molecule has 0 bridgehead atoms. The maximum Gasteiger partial charge on any atom is 0.151 e. The molecule has 2 aromatic rings. The van der Waals surface area contributed by atoms with Crippen molar-refractivity contribution in [3.8, 4) is 0 Å². The number of fused-ring (bicyclic) bond motifs is 4. The van der Waals surface area contributed by atoms with Crippen LogP contribution in [0.2, 0.25) is 0 Å². The number of benzene rings is 2. The van der Waals surface area contributed by atoms with Crippen molar-refractivity contribution in [2.75, 3.05) is 0 Å². The van der Waals surface area contributed by atoms with Crippen LogP contribution in [-0.4, -0.2) is 15.2 Å². The highest BCUT2D eigenvalue weighted by Crippen LogP contribution is 2.41. The first-order valence-corrected chi connectivity index (χ1v) is 8.71. The van der Waals surface area contributed by atoms with Crippen molar-refractivity contribution >= 4 is 17.2 Å². The van der Waals surface area contributed by atoms with Gasteiger partial charge in [0.05, 0.1) is 23.3 Å². The number of allylic oxidation sites excluding steroid dienone is 2. The van der Waals surface area contributed by atoms with Gasteiger partial charge in [0.25, 0.3) is 0 Å².